The fourth-order valence-corrected chi connectivity index (χ4v) is 1.76. The van der Waals surface area contributed by atoms with Gasteiger partial charge in [-0.3, -0.25) is 0 Å². The van der Waals surface area contributed by atoms with Crippen LogP contribution in [0.5, 0.6) is 5.75 Å². The lowest BCUT2D eigenvalue weighted by atomic mass is 10.2. The molecule has 1 rings (SSSR count). The Bertz CT molecular complexity index is 356. The monoisotopic (exact) mass is 271 g/mol. The van der Waals surface area contributed by atoms with E-state index in [0.29, 0.717) is 29.9 Å². The Labute approximate surface area is 114 Å². The predicted octanol–water partition coefficient (Wildman–Crippen LogP) is 3.11. The summed E-state index contributed by atoms with van der Waals surface area (Å²) in [5.41, 5.74) is 1.14. The van der Waals surface area contributed by atoms with Crippen molar-refractivity contribution in [3.05, 3.63) is 28.8 Å². The molecule has 0 amide bonds. The zero-order valence-electron chi connectivity index (χ0n) is 11.3. The average molecular weight is 272 g/mol. The van der Waals surface area contributed by atoms with Crippen molar-refractivity contribution in [2.24, 2.45) is 5.92 Å². The predicted molar refractivity (Wildman–Crippen MR) is 75.4 cm³/mol. The molecule has 0 aliphatic rings. The summed E-state index contributed by atoms with van der Waals surface area (Å²) < 4.78 is 11.0. The van der Waals surface area contributed by atoms with E-state index in [9.17, 15) is 0 Å². The molecule has 0 aliphatic heterocycles. The Morgan fingerprint density at radius 1 is 1.28 bits per heavy atom. The first kappa shape index (κ1) is 15.3. The van der Waals surface area contributed by atoms with Gasteiger partial charge in [-0.1, -0.05) is 31.5 Å². The van der Waals surface area contributed by atoms with Gasteiger partial charge in [-0.25, -0.2) is 0 Å². The molecule has 1 aromatic rings. The van der Waals surface area contributed by atoms with Gasteiger partial charge in [0.2, 0.25) is 0 Å². The van der Waals surface area contributed by atoms with Crippen molar-refractivity contribution in [2.45, 2.75) is 20.4 Å². The zero-order chi connectivity index (χ0) is 13.4. The highest BCUT2D eigenvalue weighted by atomic mass is 35.5. The summed E-state index contributed by atoms with van der Waals surface area (Å²) in [6.07, 6.45) is 0. The van der Waals surface area contributed by atoms with Gasteiger partial charge in [0.15, 0.2) is 0 Å². The summed E-state index contributed by atoms with van der Waals surface area (Å²) in [5.74, 6) is 1.26. The van der Waals surface area contributed by atoms with Crippen LogP contribution in [-0.4, -0.2) is 26.9 Å². The lowest BCUT2D eigenvalue weighted by Crippen LogP contribution is -2.10. The van der Waals surface area contributed by atoms with E-state index in [1.54, 1.807) is 0 Å². The van der Waals surface area contributed by atoms with E-state index in [1.165, 1.54) is 0 Å². The van der Waals surface area contributed by atoms with Crippen LogP contribution in [0.2, 0.25) is 5.02 Å². The molecule has 4 heteroatoms. The highest BCUT2D eigenvalue weighted by molar-refractivity contribution is 6.32. The Morgan fingerprint density at radius 2 is 2.06 bits per heavy atom. The van der Waals surface area contributed by atoms with Crippen LogP contribution in [0.3, 0.4) is 0 Å². The third-order valence-electron chi connectivity index (χ3n) is 2.31. The molecule has 1 aromatic carbocycles. The van der Waals surface area contributed by atoms with Crippen LogP contribution in [-0.2, 0) is 11.3 Å². The van der Waals surface area contributed by atoms with Gasteiger partial charge >= 0.3 is 0 Å². The molecule has 102 valence electrons. The van der Waals surface area contributed by atoms with E-state index >= 15 is 0 Å². The van der Waals surface area contributed by atoms with Crippen molar-refractivity contribution in [1.82, 2.24) is 5.32 Å². The van der Waals surface area contributed by atoms with E-state index in [2.05, 4.69) is 19.2 Å². The van der Waals surface area contributed by atoms with Gasteiger partial charge in [0.1, 0.15) is 12.4 Å². The molecule has 0 saturated heterocycles. The molecule has 0 bridgehead atoms. The number of rotatable bonds is 8. The van der Waals surface area contributed by atoms with Crippen LogP contribution in [0.25, 0.3) is 0 Å². The molecule has 18 heavy (non-hydrogen) atoms. The molecule has 0 unspecified atom stereocenters. The highest BCUT2D eigenvalue weighted by Gasteiger charge is 2.03. The summed E-state index contributed by atoms with van der Waals surface area (Å²) in [5, 5.41) is 3.73. The molecule has 0 aliphatic carbocycles. The summed E-state index contributed by atoms with van der Waals surface area (Å²) in [4.78, 5) is 0. The zero-order valence-corrected chi connectivity index (χ0v) is 12.1. The first-order valence-corrected chi connectivity index (χ1v) is 6.65. The number of benzene rings is 1. The summed E-state index contributed by atoms with van der Waals surface area (Å²) in [6, 6.07) is 5.83. The molecular formula is C14H22ClNO2. The van der Waals surface area contributed by atoms with Crippen molar-refractivity contribution in [2.75, 3.05) is 26.9 Å². The largest absolute Gasteiger partial charge is 0.490 e. The normalized spacial score (nSPS) is 10.9. The Morgan fingerprint density at radius 3 is 2.67 bits per heavy atom. The van der Waals surface area contributed by atoms with E-state index in [4.69, 9.17) is 21.1 Å². The lowest BCUT2D eigenvalue weighted by molar-refractivity contribution is 0.0819. The molecule has 0 saturated carbocycles. The minimum atomic E-state index is 0.526. The maximum atomic E-state index is 6.13. The van der Waals surface area contributed by atoms with Gasteiger partial charge in [0.05, 0.1) is 11.6 Å². The maximum Gasteiger partial charge on any atom is 0.138 e. The van der Waals surface area contributed by atoms with E-state index in [0.717, 1.165) is 18.7 Å². The molecule has 0 atom stereocenters. The second kappa shape index (κ2) is 8.35. The van der Waals surface area contributed by atoms with Gasteiger partial charge in [0.25, 0.3) is 0 Å². The van der Waals surface area contributed by atoms with Gasteiger partial charge in [0, 0.05) is 13.2 Å². The van der Waals surface area contributed by atoms with E-state index in [1.807, 2.05) is 25.2 Å². The maximum absolute atomic E-state index is 6.13. The Kier molecular flexibility index (Phi) is 7.09. The summed E-state index contributed by atoms with van der Waals surface area (Å²) in [7, 11) is 1.91. The van der Waals surface area contributed by atoms with Crippen LogP contribution < -0.4 is 10.1 Å². The molecule has 0 spiro atoms. The van der Waals surface area contributed by atoms with Crippen LogP contribution in [0.4, 0.5) is 0 Å². The number of ether oxygens (including phenoxy) is 2. The van der Waals surface area contributed by atoms with E-state index in [-0.39, 0.29) is 0 Å². The van der Waals surface area contributed by atoms with Crippen molar-refractivity contribution < 1.29 is 9.47 Å². The summed E-state index contributed by atoms with van der Waals surface area (Å²) in [6.45, 7) is 6.93. The fourth-order valence-electron chi connectivity index (χ4n) is 1.51. The second-order valence-electron chi connectivity index (χ2n) is 4.61. The van der Waals surface area contributed by atoms with Crippen molar-refractivity contribution >= 4 is 11.6 Å². The Balaban J connectivity index is 2.34. The number of nitrogens with one attached hydrogen (secondary N) is 1. The SMILES string of the molecule is CNCc1ccc(OCCOCC(C)C)c(Cl)c1. The first-order chi connectivity index (χ1) is 8.63. The quantitative estimate of drug-likeness (QED) is 0.737. The molecule has 1 N–H and O–H groups in total. The molecule has 0 heterocycles. The second-order valence-corrected chi connectivity index (χ2v) is 5.02. The van der Waals surface area contributed by atoms with Crippen LogP contribution in [0.1, 0.15) is 19.4 Å². The number of hydrogen-bond donors (Lipinski definition) is 1. The average Bonchev–Trinajstić information content (AvgIpc) is 2.31. The number of hydrogen-bond acceptors (Lipinski definition) is 3. The first-order valence-electron chi connectivity index (χ1n) is 6.27. The molecular weight excluding hydrogens is 250 g/mol. The van der Waals surface area contributed by atoms with Gasteiger partial charge in [-0.05, 0) is 30.7 Å². The molecule has 0 radical (unpaired) electrons. The fraction of sp³-hybridized carbons (Fsp3) is 0.571. The smallest absolute Gasteiger partial charge is 0.138 e. The van der Waals surface area contributed by atoms with E-state index < -0.39 is 0 Å². The van der Waals surface area contributed by atoms with Crippen LogP contribution >= 0.6 is 11.6 Å². The van der Waals surface area contributed by atoms with Crippen molar-refractivity contribution in [3.8, 4) is 5.75 Å². The minimum absolute atomic E-state index is 0.526. The minimum Gasteiger partial charge on any atom is -0.490 e. The van der Waals surface area contributed by atoms with Crippen LogP contribution in [0, 0.1) is 5.92 Å². The molecule has 3 nitrogen and oxygen atoms in total. The van der Waals surface area contributed by atoms with Gasteiger partial charge in [-0.15, -0.1) is 0 Å². The van der Waals surface area contributed by atoms with Gasteiger partial charge in [-0.2, -0.15) is 0 Å². The third kappa shape index (κ3) is 5.71. The Hall–Kier alpha value is -0.770. The number of halogens is 1. The molecule has 0 fully saturated rings. The van der Waals surface area contributed by atoms with Crippen molar-refractivity contribution in [1.29, 1.82) is 0 Å². The van der Waals surface area contributed by atoms with Crippen LogP contribution in [0.15, 0.2) is 18.2 Å². The van der Waals surface area contributed by atoms with Gasteiger partial charge < -0.3 is 14.8 Å². The van der Waals surface area contributed by atoms with Crippen molar-refractivity contribution in [3.63, 3.8) is 0 Å². The lowest BCUT2D eigenvalue weighted by Gasteiger charge is -2.10. The third-order valence-corrected chi connectivity index (χ3v) is 2.61. The molecule has 0 aromatic heterocycles. The standard InChI is InChI=1S/C14H22ClNO2/c1-11(2)10-17-6-7-18-14-5-4-12(9-16-3)8-13(14)15/h4-5,8,11,16H,6-7,9-10H2,1-3H3. The topological polar surface area (TPSA) is 30.5 Å². The highest BCUT2D eigenvalue weighted by Crippen LogP contribution is 2.25. The summed E-state index contributed by atoms with van der Waals surface area (Å²) >= 11 is 6.13.